The number of anilines is 1. The van der Waals surface area contributed by atoms with Crippen LogP contribution in [0.5, 0.6) is 5.75 Å². The molecule has 1 aromatic heterocycles. The van der Waals surface area contributed by atoms with Crippen LogP contribution in [0.25, 0.3) is 0 Å². The van der Waals surface area contributed by atoms with Crippen molar-refractivity contribution in [3.63, 3.8) is 0 Å². The minimum Gasteiger partial charge on any atom is -0.490 e. The Morgan fingerprint density at radius 3 is 2.66 bits per heavy atom. The Balaban J connectivity index is 1.18. The second kappa shape index (κ2) is 9.08. The van der Waals surface area contributed by atoms with E-state index in [1.54, 1.807) is 4.90 Å². The van der Waals surface area contributed by atoms with Gasteiger partial charge in [0.05, 0.1) is 18.8 Å². The number of nitrogens with zero attached hydrogens (tertiary/aromatic N) is 3. The Labute approximate surface area is 189 Å². The van der Waals surface area contributed by atoms with Crippen LogP contribution in [0.15, 0.2) is 30.3 Å². The minimum atomic E-state index is -0.0474. The molecule has 4 heterocycles. The van der Waals surface area contributed by atoms with Gasteiger partial charge in [-0.25, -0.2) is 4.98 Å². The number of likely N-dealkylation sites (tertiary alicyclic amines) is 1. The van der Waals surface area contributed by atoms with Crippen LogP contribution in [0.1, 0.15) is 52.9 Å². The van der Waals surface area contributed by atoms with Gasteiger partial charge in [0.2, 0.25) is 0 Å². The number of morpholine rings is 1. The Kier molecular flexibility index (Phi) is 6.02. The first kappa shape index (κ1) is 21.2. The van der Waals surface area contributed by atoms with Crippen LogP contribution >= 0.6 is 0 Å². The van der Waals surface area contributed by atoms with Gasteiger partial charge in [-0.15, -0.1) is 0 Å². The Bertz CT molecular complexity index is 981. The zero-order chi connectivity index (χ0) is 22.1. The molecule has 0 unspecified atom stereocenters. The highest BCUT2D eigenvalue weighted by molar-refractivity contribution is 5.98. The van der Waals surface area contributed by atoms with Crippen molar-refractivity contribution in [3.8, 4) is 5.75 Å². The lowest BCUT2D eigenvalue weighted by atomic mass is 9.92. The summed E-state index contributed by atoms with van der Waals surface area (Å²) in [6.07, 6.45) is 3.39. The molecule has 170 valence electrons. The van der Waals surface area contributed by atoms with E-state index < -0.39 is 0 Å². The molecule has 7 nitrogen and oxygen atoms in total. The van der Waals surface area contributed by atoms with Gasteiger partial charge < -0.3 is 20.1 Å². The highest BCUT2D eigenvalue weighted by Crippen LogP contribution is 2.32. The summed E-state index contributed by atoms with van der Waals surface area (Å²) in [6.45, 7) is 7.52. The SMILES string of the molecule is C[C@@H]1Cc2cc(CN3CCC(c4ccc(C(=O)N5CCOCC5)c(N)n4)CC3)ccc2O1. The molecule has 1 atom stereocenters. The fraction of sp³-hybridized carbons (Fsp3) is 0.520. The number of carbonyl (C=O) groups is 1. The number of aromatic nitrogens is 1. The van der Waals surface area contributed by atoms with Gasteiger partial charge >= 0.3 is 0 Å². The third kappa shape index (κ3) is 4.45. The van der Waals surface area contributed by atoms with E-state index in [2.05, 4.69) is 35.0 Å². The highest BCUT2D eigenvalue weighted by Gasteiger charge is 2.25. The molecular weight excluding hydrogens is 404 g/mol. The maximum Gasteiger partial charge on any atom is 0.257 e. The quantitative estimate of drug-likeness (QED) is 0.794. The summed E-state index contributed by atoms with van der Waals surface area (Å²) in [5.74, 6) is 1.72. The van der Waals surface area contributed by atoms with E-state index in [9.17, 15) is 4.79 Å². The number of carbonyl (C=O) groups excluding carboxylic acids is 1. The molecule has 2 aromatic rings. The Morgan fingerprint density at radius 2 is 1.91 bits per heavy atom. The number of hydrogen-bond acceptors (Lipinski definition) is 6. The smallest absolute Gasteiger partial charge is 0.257 e. The molecule has 2 fully saturated rings. The van der Waals surface area contributed by atoms with Crippen LogP contribution in [0.4, 0.5) is 5.82 Å². The molecule has 3 aliphatic rings. The largest absolute Gasteiger partial charge is 0.490 e. The maximum absolute atomic E-state index is 12.7. The third-order valence-corrected chi connectivity index (χ3v) is 6.85. The van der Waals surface area contributed by atoms with E-state index in [0.29, 0.717) is 43.6 Å². The van der Waals surface area contributed by atoms with Crippen molar-refractivity contribution in [2.75, 3.05) is 45.1 Å². The lowest BCUT2D eigenvalue weighted by Crippen LogP contribution is -2.41. The summed E-state index contributed by atoms with van der Waals surface area (Å²) < 4.78 is 11.2. The number of piperidine rings is 1. The van der Waals surface area contributed by atoms with Crippen LogP contribution < -0.4 is 10.5 Å². The van der Waals surface area contributed by atoms with Gasteiger partial charge in [0.15, 0.2) is 0 Å². The molecule has 0 saturated carbocycles. The molecular formula is C25H32N4O3. The number of nitrogens with two attached hydrogens (primary N) is 1. The van der Waals surface area contributed by atoms with Crippen LogP contribution in [0.2, 0.25) is 0 Å². The molecule has 0 aliphatic carbocycles. The first-order valence-corrected chi connectivity index (χ1v) is 11.7. The predicted molar refractivity (Wildman–Crippen MR) is 123 cm³/mol. The summed E-state index contributed by atoms with van der Waals surface area (Å²) in [5, 5.41) is 0. The van der Waals surface area contributed by atoms with Crippen LogP contribution in [0, 0.1) is 0 Å². The number of rotatable bonds is 4. The first-order valence-electron chi connectivity index (χ1n) is 11.7. The zero-order valence-corrected chi connectivity index (χ0v) is 18.8. The number of ether oxygens (including phenoxy) is 2. The molecule has 5 rings (SSSR count). The average Bonchev–Trinajstić information content (AvgIpc) is 3.19. The molecule has 7 heteroatoms. The van der Waals surface area contributed by atoms with E-state index in [1.165, 1.54) is 11.1 Å². The Morgan fingerprint density at radius 1 is 1.12 bits per heavy atom. The van der Waals surface area contributed by atoms with Crippen molar-refractivity contribution in [2.45, 2.75) is 44.8 Å². The molecule has 32 heavy (non-hydrogen) atoms. The summed E-state index contributed by atoms with van der Waals surface area (Å²) in [4.78, 5) is 21.7. The van der Waals surface area contributed by atoms with Gasteiger partial charge in [-0.2, -0.15) is 0 Å². The van der Waals surface area contributed by atoms with E-state index in [4.69, 9.17) is 15.2 Å². The summed E-state index contributed by atoms with van der Waals surface area (Å²) >= 11 is 0. The van der Waals surface area contributed by atoms with E-state index in [0.717, 1.165) is 50.3 Å². The highest BCUT2D eigenvalue weighted by atomic mass is 16.5. The molecule has 1 amide bonds. The van der Waals surface area contributed by atoms with Crippen LogP contribution in [-0.4, -0.2) is 66.2 Å². The molecule has 2 saturated heterocycles. The average molecular weight is 437 g/mol. The predicted octanol–water partition coefficient (Wildman–Crippen LogP) is 2.84. The van der Waals surface area contributed by atoms with Crippen molar-refractivity contribution in [3.05, 3.63) is 52.7 Å². The molecule has 0 bridgehead atoms. The fourth-order valence-electron chi connectivity index (χ4n) is 5.05. The standard InChI is InChI=1S/C25H32N4O3/c1-17-14-20-15-18(2-5-23(20)32-17)16-28-8-6-19(7-9-28)22-4-3-21(24(26)27-22)25(30)29-10-12-31-13-11-29/h2-5,15,17,19H,6-14,16H2,1H3,(H2,26,27)/t17-/m1/s1. The second-order valence-corrected chi connectivity index (χ2v) is 9.20. The van der Waals surface area contributed by atoms with Crippen LogP contribution in [0.3, 0.4) is 0 Å². The van der Waals surface area contributed by atoms with Gasteiger partial charge in [0, 0.05) is 37.7 Å². The van der Waals surface area contributed by atoms with Gasteiger partial charge in [-0.1, -0.05) is 12.1 Å². The van der Waals surface area contributed by atoms with Crippen molar-refractivity contribution < 1.29 is 14.3 Å². The number of fused-ring (bicyclic) bond motifs is 1. The molecule has 3 aliphatic heterocycles. The lowest BCUT2D eigenvalue weighted by Gasteiger charge is -2.32. The summed E-state index contributed by atoms with van der Waals surface area (Å²) in [7, 11) is 0. The van der Waals surface area contributed by atoms with Gasteiger partial charge in [-0.05, 0) is 62.2 Å². The first-order chi connectivity index (χ1) is 15.6. The number of amides is 1. The number of hydrogen-bond donors (Lipinski definition) is 1. The van der Waals surface area contributed by atoms with E-state index in [-0.39, 0.29) is 12.0 Å². The zero-order valence-electron chi connectivity index (χ0n) is 18.8. The van der Waals surface area contributed by atoms with Gasteiger partial charge in [0.1, 0.15) is 17.7 Å². The molecule has 2 N–H and O–H groups in total. The molecule has 0 radical (unpaired) electrons. The number of pyridine rings is 1. The van der Waals surface area contributed by atoms with Gasteiger partial charge in [-0.3, -0.25) is 9.69 Å². The van der Waals surface area contributed by atoms with Crippen molar-refractivity contribution in [2.24, 2.45) is 0 Å². The number of benzene rings is 1. The Hall–Kier alpha value is -2.64. The van der Waals surface area contributed by atoms with E-state index >= 15 is 0 Å². The fourth-order valence-corrected chi connectivity index (χ4v) is 5.05. The lowest BCUT2D eigenvalue weighted by molar-refractivity contribution is 0.0303. The second-order valence-electron chi connectivity index (χ2n) is 9.20. The maximum atomic E-state index is 12.7. The van der Waals surface area contributed by atoms with Crippen molar-refractivity contribution in [1.82, 2.24) is 14.8 Å². The number of nitrogen functional groups attached to an aromatic ring is 1. The third-order valence-electron chi connectivity index (χ3n) is 6.85. The summed E-state index contributed by atoms with van der Waals surface area (Å²) in [5.41, 5.74) is 10.4. The van der Waals surface area contributed by atoms with E-state index in [1.807, 2.05) is 12.1 Å². The monoisotopic (exact) mass is 436 g/mol. The molecule has 1 aromatic carbocycles. The van der Waals surface area contributed by atoms with Crippen molar-refractivity contribution >= 4 is 11.7 Å². The minimum absolute atomic E-state index is 0.0474. The summed E-state index contributed by atoms with van der Waals surface area (Å²) in [6, 6.07) is 10.5. The van der Waals surface area contributed by atoms with Gasteiger partial charge in [0.25, 0.3) is 5.91 Å². The topological polar surface area (TPSA) is 80.9 Å². The van der Waals surface area contributed by atoms with Crippen molar-refractivity contribution in [1.29, 1.82) is 0 Å². The molecule has 0 spiro atoms. The normalized spacial score (nSPS) is 21.9. The van der Waals surface area contributed by atoms with Crippen LogP contribution in [-0.2, 0) is 17.7 Å².